The van der Waals surface area contributed by atoms with E-state index in [-0.39, 0.29) is 26.7 Å². The van der Waals surface area contributed by atoms with Crippen LogP contribution >= 0.6 is 15.9 Å². The van der Waals surface area contributed by atoms with E-state index in [0.29, 0.717) is 6.29 Å². The van der Waals surface area contributed by atoms with Gasteiger partial charge < -0.3 is 0 Å². The Hall–Kier alpha value is -2.06. The molecule has 0 atom stereocenters. The quantitative estimate of drug-likeness (QED) is 0.617. The molecule has 0 saturated carbocycles. The highest BCUT2D eigenvalue weighted by molar-refractivity contribution is 9.10. The highest BCUT2D eigenvalue weighted by atomic mass is 79.9. The van der Waals surface area contributed by atoms with Gasteiger partial charge in [-0.2, -0.15) is 5.26 Å². The molecule has 0 heterocycles. The summed E-state index contributed by atoms with van der Waals surface area (Å²) in [6.07, 6.45) is 0.509. The average molecular weight is 322 g/mol. The van der Waals surface area contributed by atoms with Crippen molar-refractivity contribution in [1.82, 2.24) is 0 Å². The molecule has 0 N–H and O–H groups in total. The minimum absolute atomic E-state index is 0.00930. The fraction of sp³-hybridized carbons (Fsp3) is 0. The second-order valence-electron chi connectivity index (χ2n) is 3.78. The molecule has 2 nitrogen and oxygen atoms in total. The van der Waals surface area contributed by atoms with Crippen molar-refractivity contribution in [3.8, 4) is 17.2 Å². The summed E-state index contributed by atoms with van der Waals surface area (Å²) in [5, 5.41) is 8.75. The van der Waals surface area contributed by atoms with Crippen LogP contribution in [0.15, 0.2) is 34.8 Å². The van der Waals surface area contributed by atoms with Crippen LogP contribution in [0, 0.1) is 23.0 Å². The lowest BCUT2D eigenvalue weighted by atomic mass is 9.98. The number of benzene rings is 2. The van der Waals surface area contributed by atoms with E-state index in [4.69, 9.17) is 5.26 Å². The number of halogens is 3. The lowest BCUT2D eigenvalue weighted by Crippen LogP contribution is -1.94. The molecule has 0 saturated heterocycles. The molecule has 0 aliphatic carbocycles. The van der Waals surface area contributed by atoms with Gasteiger partial charge in [0.25, 0.3) is 0 Å². The first-order valence-corrected chi connectivity index (χ1v) is 6.00. The molecule has 0 unspecified atom stereocenters. The Balaban J connectivity index is 2.69. The highest BCUT2D eigenvalue weighted by Crippen LogP contribution is 2.30. The van der Waals surface area contributed by atoms with Crippen LogP contribution in [0.25, 0.3) is 11.1 Å². The van der Waals surface area contributed by atoms with Crippen LogP contribution < -0.4 is 0 Å². The summed E-state index contributed by atoms with van der Waals surface area (Å²) in [7, 11) is 0. The van der Waals surface area contributed by atoms with Crippen LogP contribution in [0.2, 0.25) is 0 Å². The van der Waals surface area contributed by atoms with Crippen molar-refractivity contribution in [1.29, 1.82) is 5.26 Å². The van der Waals surface area contributed by atoms with Gasteiger partial charge in [0.05, 0.1) is 16.1 Å². The van der Waals surface area contributed by atoms with Gasteiger partial charge in [-0.05, 0) is 45.8 Å². The van der Waals surface area contributed by atoms with Gasteiger partial charge in [0.1, 0.15) is 11.6 Å². The fourth-order valence-corrected chi connectivity index (χ4v) is 2.02. The van der Waals surface area contributed by atoms with Crippen LogP contribution in [0.3, 0.4) is 0 Å². The molecule has 0 amide bonds. The Bertz CT molecular complexity index is 707. The third-order valence-corrected chi connectivity index (χ3v) is 3.22. The van der Waals surface area contributed by atoms with Crippen molar-refractivity contribution in [2.75, 3.05) is 0 Å². The molecule has 19 heavy (non-hydrogen) atoms. The first-order valence-electron chi connectivity index (χ1n) is 5.21. The maximum Gasteiger partial charge on any atom is 0.150 e. The molecule has 2 aromatic rings. The van der Waals surface area contributed by atoms with E-state index in [0.717, 1.165) is 12.1 Å². The largest absolute Gasteiger partial charge is 0.298 e. The standard InChI is InChI=1S/C14H6BrF2NO/c15-12-5-13(16)11(4-14(12)17)10-2-1-8(6-18)3-9(10)7-19/h1-5,7H. The number of rotatable bonds is 2. The molecule has 0 radical (unpaired) electrons. The highest BCUT2D eigenvalue weighted by Gasteiger charge is 2.13. The van der Waals surface area contributed by atoms with Crippen LogP contribution in [0.4, 0.5) is 8.78 Å². The smallest absolute Gasteiger partial charge is 0.150 e. The Morgan fingerprint density at radius 1 is 1.11 bits per heavy atom. The molecule has 0 spiro atoms. The van der Waals surface area contributed by atoms with E-state index in [2.05, 4.69) is 15.9 Å². The monoisotopic (exact) mass is 321 g/mol. The van der Waals surface area contributed by atoms with E-state index in [9.17, 15) is 13.6 Å². The second-order valence-corrected chi connectivity index (χ2v) is 4.63. The first kappa shape index (κ1) is 13.4. The van der Waals surface area contributed by atoms with E-state index >= 15 is 0 Å². The van der Waals surface area contributed by atoms with Crippen LogP contribution in [0.1, 0.15) is 15.9 Å². The van der Waals surface area contributed by atoms with Gasteiger partial charge >= 0.3 is 0 Å². The summed E-state index contributed by atoms with van der Waals surface area (Å²) in [6, 6.07) is 8.09. The minimum Gasteiger partial charge on any atom is -0.298 e. The lowest BCUT2D eigenvalue weighted by molar-refractivity contribution is 0.112. The molecule has 0 bridgehead atoms. The van der Waals surface area contributed by atoms with E-state index < -0.39 is 11.6 Å². The zero-order chi connectivity index (χ0) is 14.0. The number of hydrogen-bond donors (Lipinski definition) is 0. The summed E-state index contributed by atoms with van der Waals surface area (Å²) in [5.74, 6) is -1.28. The van der Waals surface area contributed by atoms with Gasteiger partial charge in [-0.15, -0.1) is 0 Å². The Morgan fingerprint density at radius 2 is 1.84 bits per heavy atom. The molecule has 0 aliphatic heterocycles. The topological polar surface area (TPSA) is 40.9 Å². The van der Waals surface area contributed by atoms with Crippen LogP contribution in [0.5, 0.6) is 0 Å². The summed E-state index contributed by atoms with van der Waals surface area (Å²) in [6.45, 7) is 0. The predicted molar refractivity (Wildman–Crippen MR) is 69.6 cm³/mol. The van der Waals surface area contributed by atoms with E-state index in [1.165, 1.54) is 18.2 Å². The van der Waals surface area contributed by atoms with Gasteiger partial charge in [0.2, 0.25) is 0 Å². The number of nitrogens with zero attached hydrogens (tertiary/aromatic N) is 1. The zero-order valence-corrected chi connectivity index (χ0v) is 11.0. The molecule has 0 aliphatic rings. The SMILES string of the molecule is N#Cc1ccc(-c2cc(F)c(Br)cc2F)c(C=O)c1. The zero-order valence-electron chi connectivity index (χ0n) is 9.45. The van der Waals surface area contributed by atoms with Gasteiger partial charge in [0, 0.05) is 11.1 Å². The lowest BCUT2D eigenvalue weighted by Gasteiger charge is -2.08. The summed E-state index contributed by atoms with van der Waals surface area (Å²) >= 11 is 2.88. The summed E-state index contributed by atoms with van der Waals surface area (Å²) < 4.78 is 27.3. The Labute approximate surface area is 116 Å². The van der Waals surface area contributed by atoms with Crippen molar-refractivity contribution in [3.63, 3.8) is 0 Å². The molecule has 0 fully saturated rings. The first-order chi connectivity index (χ1) is 9.06. The maximum atomic E-state index is 13.8. The average Bonchev–Trinajstić information content (AvgIpc) is 2.42. The predicted octanol–water partition coefficient (Wildman–Crippen LogP) is 4.08. The second kappa shape index (κ2) is 5.29. The summed E-state index contributed by atoms with van der Waals surface area (Å²) in [5.41, 5.74) is 0.647. The molecule has 2 rings (SSSR count). The van der Waals surface area contributed by atoms with E-state index in [1.54, 1.807) is 0 Å². The van der Waals surface area contributed by atoms with Gasteiger partial charge in [-0.1, -0.05) is 6.07 Å². The van der Waals surface area contributed by atoms with Crippen molar-refractivity contribution in [3.05, 3.63) is 57.6 Å². The van der Waals surface area contributed by atoms with Gasteiger partial charge in [0.15, 0.2) is 6.29 Å². The molecule has 5 heteroatoms. The van der Waals surface area contributed by atoms with Crippen molar-refractivity contribution < 1.29 is 13.6 Å². The molecular formula is C14H6BrF2NO. The number of carbonyl (C=O) groups is 1. The molecule has 0 aromatic heterocycles. The number of carbonyl (C=O) groups excluding carboxylic acids is 1. The number of nitriles is 1. The van der Waals surface area contributed by atoms with Crippen molar-refractivity contribution in [2.24, 2.45) is 0 Å². The Kier molecular flexibility index (Phi) is 3.72. The minimum atomic E-state index is -0.652. The fourth-order valence-electron chi connectivity index (χ4n) is 1.70. The molecule has 2 aromatic carbocycles. The number of hydrogen-bond acceptors (Lipinski definition) is 2. The van der Waals surface area contributed by atoms with Crippen molar-refractivity contribution >= 4 is 22.2 Å². The molecule has 94 valence electrons. The molecular weight excluding hydrogens is 316 g/mol. The van der Waals surface area contributed by atoms with Gasteiger partial charge in [-0.25, -0.2) is 8.78 Å². The van der Waals surface area contributed by atoms with Crippen molar-refractivity contribution in [2.45, 2.75) is 0 Å². The van der Waals surface area contributed by atoms with Crippen LogP contribution in [-0.2, 0) is 0 Å². The normalized spacial score (nSPS) is 10.0. The maximum absolute atomic E-state index is 13.8. The summed E-state index contributed by atoms with van der Waals surface area (Å²) in [4.78, 5) is 11.0. The Morgan fingerprint density at radius 3 is 2.47 bits per heavy atom. The van der Waals surface area contributed by atoms with Crippen LogP contribution in [-0.4, -0.2) is 6.29 Å². The third kappa shape index (κ3) is 2.54. The van der Waals surface area contributed by atoms with E-state index in [1.807, 2.05) is 6.07 Å². The number of aldehydes is 1. The van der Waals surface area contributed by atoms with Gasteiger partial charge in [-0.3, -0.25) is 4.79 Å². The third-order valence-electron chi connectivity index (χ3n) is 2.61.